The van der Waals surface area contributed by atoms with Crippen molar-refractivity contribution in [3.63, 3.8) is 0 Å². The number of rotatable bonds is 1. The molecule has 0 aromatic carbocycles. The third-order valence-corrected chi connectivity index (χ3v) is 2.61. The summed E-state index contributed by atoms with van der Waals surface area (Å²) in [7, 11) is 1.51. The highest BCUT2D eigenvalue weighted by Gasteiger charge is 2.39. The highest BCUT2D eigenvalue weighted by atomic mass is 16.5. The van der Waals surface area contributed by atoms with E-state index in [9.17, 15) is 10.2 Å². The van der Waals surface area contributed by atoms with Crippen LogP contribution in [-0.2, 0) is 4.74 Å². The number of aliphatic hydroxyl groups is 2. The molecule has 0 heterocycles. The van der Waals surface area contributed by atoms with Crippen molar-refractivity contribution >= 4 is 0 Å². The lowest BCUT2D eigenvalue weighted by atomic mass is 9.91. The summed E-state index contributed by atoms with van der Waals surface area (Å²) in [6.07, 6.45) is 3.65. The van der Waals surface area contributed by atoms with E-state index in [2.05, 4.69) is 0 Å². The average molecular weight is 172 g/mol. The van der Waals surface area contributed by atoms with Crippen LogP contribution >= 0.6 is 0 Å². The summed E-state index contributed by atoms with van der Waals surface area (Å²) in [5, 5.41) is 19.3. The lowest BCUT2D eigenvalue weighted by molar-refractivity contribution is -0.140. The van der Waals surface area contributed by atoms with Crippen molar-refractivity contribution in [3.8, 4) is 0 Å². The molecule has 0 saturated heterocycles. The summed E-state index contributed by atoms with van der Waals surface area (Å²) in [5.74, 6) is 0. The molecule has 0 aromatic rings. The Hall–Kier alpha value is -0.380. The van der Waals surface area contributed by atoms with Gasteiger partial charge in [0.25, 0.3) is 0 Å². The molecular weight excluding hydrogens is 156 g/mol. The Labute approximate surface area is 72.7 Å². The molecule has 2 N–H and O–H groups in total. The molecule has 1 aliphatic rings. The van der Waals surface area contributed by atoms with Crippen molar-refractivity contribution < 1.29 is 14.9 Å². The first-order chi connectivity index (χ1) is 5.61. The molecule has 1 rings (SSSR count). The second kappa shape index (κ2) is 3.56. The van der Waals surface area contributed by atoms with Crippen molar-refractivity contribution in [2.45, 2.75) is 37.6 Å². The topological polar surface area (TPSA) is 49.7 Å². The van der Waals surface area contributed by atoms with Gasteiger partial charge in [-0.05, 0) is 19.8 Å². The number of hydrogen-bond donors (Lipinski definition) is 2. The van der Waals surface area contributed by atoms with Crippen molar-refractivity contribution in [1.82, 2.24) is 0 Å². The summed E-state index contributed by atoms with van der Waals surface area (Å²) in [6, 6.07) is 0. The Bertz CT molecular complexity index is 179. The molecule has 0 saturated carbocycles. The van der Waals surface area contributed by atoms with Crippen LogP contribution in [0.4, 0.5) is 0 Å². The van der Waals surface area contributed by atoms with Gasteiger partial charge in [-0.15, -0.1) is 0 Å². The molecule has 70 valence electrons. The quantitative estimate of drug-likeness (QED) is 0.565. The van der Waals surface area contributed by atoms with Crippen LogP contribution in [0.25, 0.3) is 0 Å². The maximum Gasteiger partial charge on any atom is 0.120 e. The molecule has 0 unspecified atom stereocenters. The Balaban J connectivity index is 2.83. The van der Waals surface area contributed by atoms with E-state index in [1.54, 1.807) is 13.0 Å². The minimum atomic E-state index is -0.854. The van der Waals surface area contributed by atoms with Gasteiger partial charge in [0.05, 0.1) is 6.10 Å². The largest absolute Gasteiger partial charge is 0.390 e. The van der Waals surface area contributed by atoms with Gasteiger partial charge < -0.3 is 14.9 Å². The molecule has 0 aliphatic heterocycles. The minimum absolute atomic E-state index is 0.604. The molecule has 12 heavy (non-hydrogen) atoms. The van der Waals surface area contributed by atoms with E-state index in [0.29, 0.717) is 6.42 Å². The predicted octanol–water partition coefficient (Wildman–Crippen LogP) is 0.463. The van der Waals surface area contributed by atoms with Crippen LogP contribution < -0.4 is 0 Å². The number of hydrogen-bond acceptors (Lipinski definition) is 3. The fraction of sp³-hybridized carbons (Fsp3) is 0.778. The van der Waals surface area contributed by atoms with E-state index >= 15 is 0 Å². The zero-order valence-electron chi connectivity index (χ0n) is 7.53. The number of methoxy groups -OCH3 is 1. The summed E-state index contributed by atoms with van der Waals surface area (Å²) >= 11 is 0. The van der Waals surface area contributed by atoms with Gasteiger partial charge in [-0.1, -0.05) is 12.2 Å². The van der Waals surface area contributed by atoms with Gasteiger partial charge in [0.15, 0.2) is 0 Å². The Kier molecular flexibility index (Phi) is 2.88. The minimum Gasteiger partial charge on any atom is -0.390 e. The molecule has 0 aromatic heterocycles. The molecule has 0 bridgehead atoms. The van der Waals surface area contributed by atoms with Gasteiger partial charge >= 0.3 is 0 Å². The van der Waals surface area contributed by atoms with E-state index in [0.717, 1.165) is 6.42 Å². The van der Waals surface area contributed by atoms with E-state index in [1.807, 2.05) is 6.08 Å². The molecule has 0 fully saturated rings. The van der Waals surface area contributed by atoms with Gasteiger partial charge in [-0.3, -0.25) is 0 Å². The van der Waals surface area contributed by atoms with Gasteiger partial charge in [0.2, 0.25) is 0 Å². The fourth-order valence-electron chi connectivity index (χ4n) is 1.41. The molecule has 3 heteroatoms. The summed E-state index contributed by atoms with van der Waals surface area (Å²) in [5.41, 5.74) is -0.854. The molecule has 3 atom stereocenters. The Morgan fingerprint density at radius 2 is 2.17 bits per heavy atom. The monoisotopic (exact) mass is 172 g/mol. The summed E-state index contributed by atoms with van der Waals surface area (Å²) in [6.45, 7) is 1.72. The Morgan fingerprint density at radius 1 is 1.50 bits per heavy atom. The van der Waals surface area contributed by atoms with Crippen molar-refractivity contribution in [2.24, 2.45) is 0 Å². The smallest absolute Gasteiger partial charge is 0.120 e. The lowest BCUT2D eigenvalue weighted by Gasteiger charge is -2.34. The molecule has 0 spiro atoms. The SMILES string of the molecule is CO[C@@]1(C)[C@H](O)C=CCC[C@H]1O. The number of ether oxygens (including phenoxy) is 1. The third kappa shape index (κ3) is 1.53. The maximum atomic E-state index is 9.65. The Morgan fingerprint density at radius 3 is 2.75 bits per heavy atom. The van der Waals surface area contributed by atoms with Crippen LogP contribution in [0.3, 0.4) is 0 Å². The molecular formula is C9H16O3. The van der Waals surface area contributed by atoms with Gasteiger partial charge in [0, 0.05) is 7.11 Å². The zero-order chi connectivity index (χ0) is 9.19. The third-order valence-electron chi connectivity index (χ3n) is 2.61. The second-order valence-electron chi connectivity index (χ2n) is 3.35. The first-order valence-electron chi connectivity index (χ1n) is 4.19. The van der Waals surface area contributed by atoms with Crippen LogP contribution in [0, 0.1) is 0 Å². The lowest BCUT2D eigenvalue weighted by Crippen LogP contribution is -2.49. The number of aliphatic hydroxyl groups excluding tert-OH is 2. The first kappa shape index (κ1) is 9.71. The van der Waals surface area contributed by atoms with E-state index < -0.39 is 17.8 Å². The number of allylic oxidation sites excluding steroid dienone is 1. The van der Waals surface area contributed by atoms with Crippen LogP contribution in [0.1, 0.15) is 19.8 Å². The second-order valence-corrected chi connectivity index (χ2v) is 3.35. The van der Waals surface area contributed by atoms with Crippen LogP contribution in [0.2, 0.25) is 0 Å². The van der Waals surface area contributed by atoms with Crippen LogP contribution in [-0.4, -0.2) is 35.1 Å². The molecule has 1 aliphatic carbocycles. The van der Waals surface area contributed by atoms with Crippen LogP contribution in [0.5, 0.6) is 0 Å². The van der Waals surface area contributed by atoms with Gasteiger partial charge in [-0.2, -0.15) is 0 Å². The molecule has 0 radical (unpaired) electrons. The highest BCUT2D eigenvalue weighted by Crippen LogP contribution is 2.26. The van der Waals surface area contributed by atoms with Crippen molar-refractivity contribution in [1.29, 1.82) is 0 Å². The molecule has 3 nitrogen and oxygen atoms in total. The standard InChI is InChI=1S/C9H16O3/c1-9(12-2)7(10)5-3-4-6-8(9)11/h3,5,7-8,10-11H,4,6H2,1-2H3/t7-,8-,9+/m1/s1. The predicted molar refractivity (Wildman–Crippen MR) is 45.8 cm³/mol. The van der Waals surface area contributed by atoms with E-state index in [1.165, 1.54) is 7.11 Å². The van der Waals surface area contributed by atoms with E-state index in [-0.39, 0.29) is 0 Å². The van der Waals surface area contributed by atoms with E-state index in [4.69, 9.17) is 4.74 Å². The summed E-state index contributed by atoms with van der Waals surface area (Å²) < 4.78 is 5.13. The fourth-order valence-corrected chi connectivity index (χ4v) is 1.41. The zero-order valence-corrected chi connectivity index (χ0v) is 7.53. The molecule has 0 amide bonds. The first-order valence-corrected chi connectivity index (χ1v) is 4.19. The van der Waals surface area contributed by atoms with Gasteiger partial charge in [-0.25, -0.2) is 0 Å². The normalized spacial score (nSPS) is 42.7. The average Bonchev–Trinajstić information content (AvgIpc) is 2.19. The van der Waals surface area contributed by atoms with Crippen LogP contribution in [0.15, 0.2) is 12.2 Å². The summed E-state index contributed by atoms with van der Waals surface area (Å²) in [4.78, 5) is 0. The van der Waals surface area contributed by atoms with Gasteiger partial charge in [0.1, 0.15) is 11.7 Å². The highest BCUT2D eigenvalue weighted by molar-refractivity contribution is 5.06. The maximum absolute atomic E-state index is 9.65. The van der Waals surface area contributed by atoms with Crippen molar-refractivity contribution in [3.05, 3.63) is 12.2 Å². The van der Waals surface area contributed by atoms with Crippen molar-refractivity contribution in [2.75, 3.05) is 7.11 Å².